The Morgan fingerprint density at radius 3 is 2.83 bits per heavy atom. The smallest absolute Gasteiger partial charge is 0.291 e. The second-order valence-corrected chi connectivity index (χ2v) is 6.23. The minimum absolute atomic E-state index is 0.0546. The molecule has 0 aliphatic carbocycles. The van der Waals surface area contributed by atoms with Crippen molar-refractivity contribution in [3.63, 3.8) is 0 Å². The average Bonchev–Trinajstić information content (AvgIpc) is 3.16. The molecule has 0 unspecified atom stereocenters. The number of hydrogen-bond acceptors (Lipinski definition) is 5. The number of H-pyrrole nitrogens is 1. The number of aryl methyl sites for hydroxylation is 1. The van der Waals surface area contributed by atoms with Crippen molar-refractivity contribution in [2.45, 2.75) is 26.3 Å². The second-order valence-electron chi connectivity index (χ2n) is 5.79. The van der Waals surface area contributed by atoms with Crippen LogP contribution >= 0.6 is 11.6 Å². The van der Waals surface area contributed by atoms with Gasteiger partial charge in [-0.2, -0.15) is 14.8 Å². The number of amides is 1. The number of carbonyl (C=O) groups excluding carboxylic acids is 1. The van der Waals surface area contributed by atoms with E-state index in [2.05, 4.69) is 30.6 Å². The topological polar surface area (TPSA) is 101 Å². The number of nitrogens with one attached hydrogen (secondary N) is 2. The van der Waals surface area contributed by atoms with Gasteiger partial charge in [0.15, 0.2) is 0 Å². The van der Waals surface area contributed by atoms with E-state index < -0.39 is 5.54 Å². The maximum Gasteiger partial charge on any atom is 0.291 e. The summed E-state index contributed by atoms with van der Waals surface area (Å²) >= 11 is 6.03. The summed E-state index contributed by atoms with van der Waals surface area (Å²) in [5.41, 5.74) is 0.253. The third-order valence-electron chi connectivity index (χ3n) is 3.55. The predicted octanol–water partition coefficient (Wildman–Crippen LogP) is 2.01. The lowest BCUT2D eigenvalue weighted by molar-refractivity contribution is 0.0901. The Morgan fingerprint density at radius 1 is 1.38 bits per heavy atom. The molecule has 2 aromatic heterocycles. The molecule has 0 atom stereocenters. The molecule has 3 aromatic rings. The van der Waals surface area contributed by atoms with Crippen molar-refractivity contribution in [1.82, 2.24) is 35.3 Å². The first kappa shape index (κ1) is 16.1. The van der Waals surface area contributed by atoms with E-state index >= 15 is 0 Å². The van der Waals surface area contributed by atoms with Crippen LogP contribution in [0.15, 0.2) is 30.6 Å². The average molecular weight is 346 g/mol. The zero-order valence-corrected chi connectivity index (χ0v) is 14.2. The number of hydrogen-bond donors (Lipinski definition) is 2. The largest absolute Gasteiger partial charge is 0.340 e. The van der Waals surface area contributed by atoms with Crippen LogP contribution in [-0.2, 0) is 5.54 Å². The SMILES string of the molecule is Cc1nc(C(=O)NC(C)(C)c2cccc(Cl)c2)nn1-c1ncn[nH]1. The molecule has 0 fully saturated rings. The van der Waals surface area contributed by atoms with Gasteiger partial charge in [-0.15, -0.1) is 5.10 Å². The Hall–Kier alpha value is -2.74. The molecule has 8 nitrogen and oxygen atoms in total. The highest BCUT2D eigenvalue weighted by molar-refractivity contribution is 6.30. The van der Waals surface area contributed by atoms with Crippen molar-refractivity contribution < 1.29 is 4.79 Å². The lowest BCUT2D eigenvalue weighted by Gasteiger charge is -2.26. The summed E-state index contributed by atoms with van der Waals surface area (Å²) in [7, 11) is 0. The molecular weight excluding hydrogens is 330 g/mol. The van der Waals surface area contributed by atoms with Gasteiger partial charge in [-0.1, -0.05) is 23.7 Å². The zero-order chi connectivity index (χ0) is 17.3. The molecule has 2 N–H and O–H groups in total. The van der Waals surface area contributed by atoms with E-state index in [9.17, 15) is 4.79 Å². The van der Waals surface area contributed by atoms with Gasteiger partial charge in [0.25, 0.3) is 5.91 Å². The van der Waals surface area contributed by atoms with Crippen LogP contribution in [0.25, 0.3) is 5.95 Å². The fraction of sp³-hybridized carbons (Fsp3) is 0.267. The maximum atomic E-state index is 12.5. The first-order chi connectivity index (χ1) is 11.4. The molecule has 0 saturated carbocycles. The minimum atomic E-state index is -0.631. The number of benzene rings is 1. The molecule has 0 spiro atoms. The number of nitrogens with zero attached hydrogens (tertiary/aromatic N) is 5. The zero-order valence-electron chi connectivity index (χ0n) is 13.4. The van der Waals surface area contributed by atoms with Crippen molar-refractivity contribution in [2.75, 3.05) is 0 Å². The summed E-state index contributed by atoms with van der Waals surface area (Å²) < 4.78 is 1.42. The molecule has 1 aromatic carbocycles. The predicted molar refractivity (Wildman–Crippen MR) is 88.0 cm³/mol. The van der Waals surface area contributed by atoms with Gasteiger partial charge in [0.1, 0.15) is 12.2 Å². The van der Waals surface area contributed by atoms with Crippen molar-refractivity contribution in [3.8, 4) is 5.95 Å². The molecule has 1 amide bonds. The van der Waals surface area contributed by atoms with Crippen LogP contribution in [0.3, 0.4) is 0 Å². The van der Waals surface area contributed by atoms with Crippen molar-refractivity contribution in [1.29, 1.82) is 0 Å². The molecule has 0 saturated heterocycles. The standard InChI is InChI=1S/C15H16ClN7O/c1-9-19-12(22-23(9)14-17-8-18-21-14)13(24)20-15(2,3)10-5-4-6-11(16)7-10/h4-8H,1-3H3,(H,20,24)(H,17,18,21). The Balaban J connectivity index is 1.84. The summed E-state index contributed by atoms with van der Waals surface area (Å²) in [4.78, 5) is 20.7. The summed E-state index contributed by atoms with van der Waals surface area (Å²) in [6.07, 6.45) is 1.36. The third-order valence-corrected chi connectivity index (χ3v) is 3.78. The Morgan fingerprint density at radius 2 is 2.17 bits per heavy atom. The molecule has 2 heterocycles. The Kier molecular flexibility index (Phi) is 4.06. The maximum absolute atomic E-state index is 12.5. The molecule has 0 bridgehead atoms. The van der Waals surface area contributed by atoms with E-state index in [4.69, 9.17) is 11.6 Å². The summed E-state index contributed by atoms with van der Waals surface area (Å²) in [6, 6.07) is 7.34. The van der Waals surface area contributed by atoms with E-state index in [1.807, 2.05) is 32.0 Å². The highest BCUT2D eigenvalue weighted by Gasteiger charge is 2.26. The molecule has 0 radical (unpaired) electrons. The van der Waals surface area contributed by atoms with Crippen LogP contribution in [0, 0.1) is 6.92 Å². The number of halogens is 1. The van der Waals surface area contributed by atoms with Gasteiger partial charge in [-0.3, -0.25) is 4.79 Å². The second kappa shape index (κ2) is 6.04. The molecule has 3 rings (SSSR count). The summed E-state index contributed by atoms with van der Waals surface area (Å²) in [5, 5.41) is 14.2. The normalized spacial score (nSPS) is 11.5. The molecule has 0 aliphatic rings. The van der Waals surface area contributed by atoms with E-state index in [1.54, 1.807) is 13.0 Å². The highest BCUT2D eigenvalue weighted by Crippen LogP contribution is 2.23. The third kappa shape index (κ3) is 3.13. The van der Waals surface area contributed by atoms with Gasteiger partial charge < -0.3 is 5.32 Å². The van der Waals surface area contributed by atoms with Gasteiger partial charge in [-0.05, 0) is 38.5 Å². The number of carbonyl (C=O) groups is 1. The van der Waals surface area contributed by atoms with Crippen LogP contribution in [-0.4, -0.2) is 35.9 Å². The lowest BCUT2D eigenvalue weighted by atomic mass is 9.94. The van der Waals surface area contributed by atoms with E-state index in [1.165, 1.54) is 11.0 Å². The molecule has 124 valence electrons. The number of rotatable bonds is 4. The van der Waals surface area contributed by atoms with E-state index in [-0.39, 0.29) is 11.7 Å². The van der Waals surface area contributed by atoms with Crippen LogP contribution in [0.2, 0.25) is 5.02 Å². The number of aromatic nitrogens is 6. The monoisotopic (exact) mass is 345 g/mol. The van der Waals surface area contributed by atoms with Crippen LogP contribution in [0.5, 0.6) is 0 Å². The van der Waals surface area contributed by atoms with E-state index in [0.717, 1.165) is 5.56 Å². The highest BCUT2D eigenvalue weighted by atomic mass is 35.5. The van der Waals surface area contributed by atoms with Gasteiger partial charge in [0.05, 0.1) is 5.54 Å². The summed E-state index contributed by atoms with van der Waals surface area (Å²) in [6.45, 7) is 5.50. The van der Waals surface area contributed by atoms with Gasteiger partial charge in [0, 0.05) is 5.02 Å². The molecule has 0 aliphatic heterocycles. The van der Waals surface area contributed by atoms with Crippen LogP contribution in [0.1, 0.15) is 35.9 Å². The first-order valence-corrected chi connectivity index (χ1v) is 7.62. The van der Waals surface area contributed by atoms with Crippen molar-refractivity contribution in [3.05, 3.63) is 52.8 Å². The van der Waals surface area contributed by atoms with E-state index in [0.29, 0.717) is 16.8 Å². The van der Waals surface area contributed by atoms with Gasteiger partial charge in [0.2, 0.25) is 11.8 Å². The van der Waals surface area contributed by atoms with Crippen molar-refractivity contribution >= 4 is 17.5 Å². The fourth-order valence-corrected chi connectivity index (χ4v) is 2.47. The molecule has 24 heavy (non-hydrogen) atoms. The fourth-order valence-electron chi connectivity index (χ4n) is 2.28. The van der Waals surface area contributed by atoms with Gasteiger partial charge in [-0.25, -0.2) is 10.1 Å². The summed E-state index contributed by atoms with van der Waals surface area (Å²) in [5.74, 6) is 0.589. The molecular formula is C15H16ClN7O. The quantitative estimate of drug-likeness (QED) is 0.753. The molecule has 9 heteroatoms. The number of aromatic amines is 1. The minimum Gasteiger partial charge on any atom is -0.340 e. The van der Waals surface area contributed by atoms with Crippen LogP contribution < -0.4 is 5.32 Å². The first-order valence-electron chi connectivity index (χ1n) is 7.25. The van der Waals surface area contributed by atoms with Crippen LogP contribution in [0.4, 0.5) is 0 Å². The lowest BCUT2D eigenvalue weighted by Crippen LogP contribution is -2.41. The van der Waals surface area contributed by atoms with Crippen molar-refractivity contribution in [2.24, 2.45) is 0 Å². The van der Waals surface area contributed by atoms with Gasteiger partial charge >= 0.3 is 0 Å². The Labute approximate surface area is 143 Å². The Bertz CT molecular complexity index is 870.